The highest BCUT2D eigenvalue weighted by molar-refractivity contribution is 6.30. The number of nitrogens with one attached hydrogen (secondary N) is 2. The number of likely N-dealkylation sites (N-methyl/N-ethyl adjacent to an activating group) is 1. The third kappa shape index (κ3) is 5.83. The number of nitrogens with zero attached hydrogens (tertiary/aromatic N) is 2. The average molecular weight is 443 g/mol. The summed E-state index contributed by atoms with van der Waals surface area (Å²) in [6.45, 7) is 1.86. The summed E-state index contributed by atoms with van der Waals surface area (Å²) in [7, 11) is 1.73. The Labute approximate surface area is 187 Å². The number of amides is 1. The van der Waals surface area contributed by atoms with E-state index in [1.54, 1.807) is 42.4 Å². The SMILES string of the molecule is CC(=O)N(C)C(=Nc1ccc(Cl)cc1CNC1NC=CC=C1C(=O)O)C1=CCCCC1. The zero-order valence-electron chi connectivity index (χ0n) is 17.7. The Morgan fingerprint density at radius 3 is 2.84 bits per heavy atom. The van der Waals surface area contributed by atoms with Gasteiger partial charge in [0.05, 0.1) is 11.3 Å². The Bertz CT molecular complexity index is 981. The first-order chi connectivity index (χ1) is 14.9. The fourth-order valence-corrected chi connectivity index (χ4v) is 3.73. The minimum absolute atomic E-state index is 0.0895. The minimum Gasteiger partial charge on any atom is -0.478 e. The molecule has 1 aliphatic carbocycles. The molecular weight excluding hydrogens is 416 g/mol. The number of carbonyl (C=O) groups is 2. The molecule has 31 heavy (non-hydrogen) atoms. The lowest BCUT2D eigenvalue weighted by Gasteiger charge is -2.24. The van der Waals surface area contributed by atoms with Crippen LogP contribution in [0.1, 0.15) is 38.2 Å². The van der Waals surface area contributed by atoms with Crippen LogP contribution in [-0.2, 0) is 16.1 Å². The van der Waals surface area contributed by atoms with Crippen LogP contribution in [0.15, 0.2) is 58.8 Å². The number of hydrogen-bond acceptors (Lipinski definition) is 5. The fourth-order valence-electron chi connectivity index (χ4n) is 3.54. The van der Waals surface area contributed by atoms with E-state index in [0.717, 1.165) is 36.8 Å². The van der Waals surface area contributed by atoms with Gasteiger partial charge in [-0.1, -0.05) is 17.7 Å². The second-order valence-electron chi connectivity index (χ2n) is 7.53. The molecule has 3 rings (SSSR count). The second kappa shape index (κ2) is 10.4. The molecule has 0 saturated heterocycles. The number of aliphatic carboxylic acids is 1. The number of halogens is 1. The van der Waals surface area contributed by atoms with E-state index in [-0.39, 0.29) is 11.5 Å². The number of carboxylic acid groups (broad SMARTS) is 1. The maximum Gasteiger partial charge on any atom is 0.335 e. The van der Waals surface area contributed by atoms with Crippen molar-refractivity contribution >= 4 is 35.0 Å². The van der Waals surface area contributed by atoms with Crippen molar-refractivity contribution in [1.29, 1.82) is 0 Å². The lowest BCUT2D eigenvalue weighted by atomic mass is 9.98. The summed E-state index contributed by atoms with van der Waals surface area (Å²) in [6, 6.07) is 5.38. The molecule has 7 nitrogen and oxygen atoms in total. The Hall–Kier alpha value is -2.90. The predicted octanol–water partition coefficient (Wildman–Crippen LogP) is 3.89. The maximum absolute atomic E-state index is 12.1. The van der Waals surface area contributed by atoms with Gasteiger partial charge in [0.2, 0.25) is 5.91 Å². The van der Waals surface area contributed by atoms with Crippen molar-refractivity contribution < 1.29 is 14.7 Å². The van der Waals surface area contributed by atoms with E-state index >= 15 is 0 Å². The molecule has 1 amide bonds. The van der Waals surface area contributed by atoms with Crippen molar-refractivity contribution in [2.24, 2.45) is 4.99 Å². The van der Waals surface area contributed by atoms with Gasteiger partial charge in [-0.2, -0.15) is 0 Å². The van der Waals surface area contributed by atoms with E-state index in [9.17, 15) is 14.7 Å². The van der Waals surface area contributed by atoms with E-state index in [1.165, 1.54) is 6.92 Å². The Morgan fingerprint density at radius 1 is 1.35 bits per heavy atom. The number of aliphatic imine (C=N–C) groups is 1. The highest BCUT2D eigenvalue weighted by atomic mass is 35.5. The van der Waals surface area contributed by atoms with E-state index in [1.807, 2.05) is 6.07 Å². The number of allylic oxidation sites excluding steroid dienone is 3. The topological polar surface area (TPSA) is 94.0 Å². The van der Waals surface area contributed by atoms with Crippen LogP contribution in [0.2, 0.25) is 5.02 Å². The number of rotatable bonds is 6. The molecule has 1 heterocycles. The molecule has 1 aliphatic heterocycles. The summed E-state index contributed by atoms with van der Waals surface area (Å²) in [6.07, 6.45) is 10.6. The van der Waals surface area contributed by atoms with Gasteiger partial charge in [0.25, 0.3) is 0 Å². The van der Waals surface area contributed by atoms with E-state index < -0.39 is 12.1 Å². The molecule has 0 bridgehead atoms. The number of hydrogen-bond donors (Lipinski definition) is 3. The second-order valence-corrected chi connectivity index (χ2v) is 7.96. The molecule has 1 atom stereocenters. The van der Waals surface area contributed by atoms with E-state index in [4.69, 9.17) is 16.6 Å². The zero-order chi connectivity index (χ0) is 22.4. The fraction of sp³-hybridized carbons (Fsp3) is 0.348. The van der Waals surface area contributed by atoms with Gasteiger partial charge in [-0.15, -0.1) is 0 Å². The van der Waals surface area contributed by atoms with Crippen LogP contribution in [0.4, 0.5) is 5.69 Å². The molecule has 0 aromatic heterocycles. The summed E-state index contributed by atoms with van der Waals surface area (Å²) in [5, 5.41) is 16.2. The monoisotopic (exact) mass is 442 g/mol. The van der Waals surface area contributed by atoms with Crippen LogP contribution in [0.5, 0.6) is 0 Å². The van der Waals surface area contributed by atoms with Crippen molar-refractivity contribution in [2.45, 2.75) is 45.3 Å². The standard InChI is InChI=1S/C23H27ClN4O3/c1-15(29)28(2)22(16-7-4-3-5-8-16)27-20-11-10-18(24)13-17(20)14-26-21-19(23(30)31)9-6-12-25-21/h6-7,9-13,21,25-26H,3-5,8,14H2,1-2H3,(H,30,31). The molecular formula is C23H27ClN4O3. The molecule has 3 N–H and O–H groups in total. The van der Waals surface area contributed by atoms with Crippen LogP contribution in [0, 0.1) is 0 Å². The van der Waals surface area contributed by atoms with Crippen molar-refractivity contribution in [3.63, 3.8) is 0 Å². The molecule has 0 fully saturated rings. The van der Waals surface area contributed by atoms with Crippen LogP contribution in [0.3, 0.4) is 0 Å². The Balaban J connectivity index is 1.91. The average Bonchev–Trinajstić information content (AvgIpc) is 2.77. The van der Waals surface area contributed by atoms with Crippen molar-refractivity contribution in [1.82, 2.24) is 15.5 Å². The highest BCUT2D eigenvalue weighted by Crippen LogP contribution is 2.27. The lowest BCUT2D eigenvalue weighted by molar-refractivity contribution is -0.133. The van der Waals surface area contributed by atoms with E-state index in [0.29, 0.717) is 23.1 Å². The molecule has 1 aromatic carbocycles. The van der Waals surface area contributed by atoms with Crippen LogP contribution >= 0.6 is 11.6 Å². The van der Waals surface area contributed by atoms with Crippen LogP contribution < -0.4 is 10.6 Å². The molecule has 0 spiro atoms. The van der Waals surface area contributed by atoms with Gasteiger partial charge in [-0.05, 0) is 73.4 Å². The molecule has 1 unspecified atom stereocenters. The summed E-state index contributed by atoms with van der Waals surface area (Å²) in [4.78, 5) is 30.0. The number of carboxylic acids is 1. The number of carbonyl (C=O) groups excluding carboxylic acids is 1. The third-order valence-corrected chi connectivity index (χ3v) is 5.56. The summed E-state index contributed by atoms with van der Waals surface area (Å²) in [5.41, 5.74) is 2.77. The minimum atomic E-state index is -0.992. The first kappa shape index (κ1) is 22.8. The molecule has 0 saturated carbocycles. The predicted molar refractivity (Wildman–Crippen MR) is 122 cm³/mol. The largest absolute Gasteiger partial charge is 0.478 e. The van der Waals surface area contributed by atoms with Gasteiger partial charge in [-0.25, -0.2) is 9.79 Å². The van der Waals surface area contributed by atoms with Crippen molar-refractivity contribution in [2.75, 3.05) is 7.05 Å². The van der Waals surface area contributed by atoms with Gasteiger partial charge in [0.15, 0.2) is 0 Å². The summed E-state index contributed by atoms with van der Waals surface area (Å²) >= 11 is 6.23. The van der Waals surface area contributed by atoms with Crippen molar-refractivity contribution in [3.05, 3.63) is 64.4 Å². The Morgan fingerprint density at radius 2 is 2.16 bits per heavy atom. The van der Waals surface area contributed by atoms with Gasteiger partial charge in [-0.3, -0.25) is 15.0 Å². The smallest absolute Gasteiger partial charge is 0.335 e. The lowest BCUT2D eigenvalue weighted by Crippen LogP contribution is -2.44. The van der Waals surface area contributed by atoms with Crippen molar-refractivity contribution in [3.8, 4) is 0 Å². The van der Waals surface area contributed by atoms with Gasteiger partial charge >= 0.3 is 5.97 Å². The molecule has 2 aliphatic rings. The first-order valence-electron chi connectivity index (χ1n) is 10.3. The normalized spacial score (nSPS) is 18.7. The first-order valence-corrected chi connectivity index (χ1v) is 10.6. The summed E-state index contributed by atoms with van der Waals surface area (Å²) in [5.74, 6) is -0.442. The number of amidine groups is 1. The maximum atomic E-state index is 12.1. The molecule has 164 valence electrons. The van der Waals surface area contributed by atoms with Crippen LogP contribution in [0.25, 0.3) is 0 Å². The molecule has 0 radical (unpaired) electrons. The van der Waals surface area contributed by atoms with E-state index in [2.05, 4.69) is 16.7 Å². The Kier molecular flexibility index (Phi) is 7.65. The highest BCUT2D eigenvalue weighted by Gasteiger charge is 2.22. The van der Waals surface area contributed by atoms with Gasteiger partial charge in [0.1, 0.15) is 12.0 Å². The zero-order valence-corrected chi connectivity index (χ0v) is 18.4. The molecule has 1 aromatic rings. The number of dihydropyridines is 1. The van der Waals surface area contributed by atoms with Gasteiger partial charge < -0.3 is 10.4 Å². The number of benzene rings is 1. The molecule has 8 heteroatoms. The van der Waals surface area contributed by atoms with Gasteiger partial charge in [0, 0.05) is 25.5 Å². The third-order valence-electron chi connectivity index (χ3n) is 5.33. The summed E-state index contributed by atoms with van der Waals surface area (Å²) < 4.78 is 0. The quantitative estimate of drug-likeness (QED) is 0.459. The van der Waals surface area contributed by atoms with Crippen LogP contribution in [-0.4, -0.2) is 40.9 Å².